The van der Waals surface area contributed by atoms with Gasteiger partial charge in [0.05, 0.1) is 0 Å². The van der Waals surface area contributed by atoms with Gasteiger partial charge in [-0.05, 0) is 49.7 Å². The third-order valence-electron chi connectivity index (χ3n) is 3.06. The van der Waals surface area contributed by atoms with Gasteiger partial charge in [-0.15, -0.1) is 0 Å². The van der Waals surface area contributed by atoms with Gasteiger partial charge < -0.3 is 10.6 Å². The molecule has 1 aliphatic carbocycles. The second-order valence-electron chi connectivity index (χ2n) is 5.61. The van der Waals surface area contributed by atoms with E-state index in [1.807, 2.05) is 0 Å². The standard InChI is InChI=1S/C12H24N2S/c1-5-13-11(15)14-10-6-9(2)7-12(3,4)8-10/h9-10H,5-8H2,1-4H3,(H2,13,14,15). The van der Waals surface area contributed by atoms with Gasteiger partial charge in [0.1, 0.15) is 0 Å². The van der Waals surface area contributed by atoms with Crippen LogP contribution in [0, 0.1) is 11.3 Å². The topological polar surface area (TPSA) is 24.1 Å². The van der Waals surface area contributed by atoms with E-state index in [1.165, 1.54) is 19.3 Å². The Labute approximate surface area is 99.2 Å². The van der Waals surface area contributed by atoms with Crippen molar-refractivity contribution in [2.24, 2.45) is 11.3 Å². The van der Waals surface area contributed by atoms with Crippen LogP contribution in [0.25, 0.3) is 0 Å². The number of thiocarbonyl (C=S) groups is 1. The summed E-state index contributed by atoms with van der Waals surface area (Å²) in [5.74, 6) is 0.802. The predicted molar refractivity (Wildman–Crippen MR) is 70.0 cm³/mol. The van der Waals surface area contributed by atoms with Crippen LogP contribution in [0.15, 0.2) is 0 Å². The molecule has 1 aliphatic rings. The van der Waals surface area contributed by atoms with E-state index in [0.29, 0.717) is 11.5 Å². The minimum atomic E-state index is 0.456. The van der Waals surface area contributed by atoms with E-state index in [2.05, 4.69) is 38.3 Å². The lowest BCUT2D eigenvalue weighted by Gasteiger charge is -2.39. The summed E-state index contributed by atoms with van der Waals surface area (Å²) in [7, 11) is 0. The van der Waals surface area contributed by atoms with Gasteiger partial charge in [-0.2, -0.15) is 0 Å². The zero-order chi connectivity index (χ0) is 11.5. The number of nitrogens with one attached hydrogen (secondary N) is 2. The Hall–Kier alpha value is -0.310. The van der Waals surface area contributed by atoms with E-state index in [9.17, 15) is 0 Å². The Morgan fingerprint density at radius 3 is 2.60 bits per heavy atom. The number of rotatable bonds is 2. The second kappa shape index (κ2) is 5.15. The monoisotopic (exact) mass is 228 g/mol. The van der Waals surface area contributed by atoms with E-state index >= 15 is 0 Å². The highest BCUT2D eigenvalue weighted by Gasteiger charge is 2.32. The van der Waals surface area contributed by atoms with Crippen molar-refractivity contribution in [2.75, 3.05) is 6.54 Å². The Morgan fingerprint density at radius 1 is 1.40 bits per heavy atom. The first-order valence-electron chi connectivity index (χ1n) is 5.97. The fourth-order valence-corrected chi connectivity index (χ4v) is 3.16. The quantitative estimate of drug-likeness (QED) is 0.711. The molecule has 0 radical (unpaired) electrons. The summed E-state index contributed by atoms with van der Waals surface area (Å²) in [5.41, 5.74) is 0.456. The molecule has 2 atom stereocenters. The molecule has 3 heteroatoms. The molecule has 15 heavy (non-hydrogen) atoms. The van der Waals surface area contributed by atoms with Gasteiger partial charge in [0.25, 0.3) is 0 Å². The third-order valence-corrected chi connectivity index (χ3v) is 3.32. The van der Waals surface area contributed by atoms with Crippen LogP contribution < -0.4 is 10.6 Å². The van der Waals surface area contributed by atoms with E-state index in [4.69, 9.17) is 12.2 Å². The molecule has 1 fully saturated rings. The number of hydrogen-bond donors (Lipinski definition) is 2. The Balaban J connectivity index is 2.45. The van der Waals surface area contributed by atoms with Gasteiger partial charge in [0.15, 0.2) is 5.11 Å². The lowest BCUT2D eigenvalue weighted by atomic mass is 9.71. The fourth-order valence-electron chi connectivity index (χ4n) is 2.85. The molecule has 1 saturated carbocycles. The summed E-state index contributed by atoms with van der Waals surface area (Å²) in [6.07, 6.45) is 3.80. The highest BCUT2D eigenvalue weighted by Crippen LogP contribution is 2.38. The van der Waals surface area contributed by atoms with Crippen LogP contribution in [0.2, 0.25) is 0 Å². The molecule has 0 amide bonds. The molecule has 0 aromatic heterocycles. The van der Waals surface area contributed by atoms with Crippen molar-refractivity contribution in [3.8, 4) is 0 Å². The molecule has 1 rings (SSSR count). The summed E-state index contributed by atoms with van der Waals surface area (Å²) in [5, 5.41) is 7.39. The highest BCUT2D eigenvalue weighted by atomic mass is 32.1. The third kappa shape index (κ3) is 4.37. The van der Waals surface area contributed by atoms with E-state index in [1.54, 1.807) is 0 Å². The first-order chi connectivity index (χ1) is 6.93. The minimum Gasteiger partial charge on any atom is -0.363 e. The van der Waals surface area contributed by atoms with Crippen molar-refractivity contribution in [1.29, 1.82) is 0 Å². The maximum Gasteiger partial charge on any atom is 0.166 e. The first kappa shape index (κ1) is 12.8. The van der Waals surface area contributed by atoms with Crippen molar-refractivity contribution in [1.82, 2.24) is 10.6 Å². The lowest BCUT2D eigenvalue weighted by Crippen LogP contribution is -2.46. The van der Waals surface area contributed by atoms with Crippen molar-refractivity contribution in [2.45, 2.75) is 53.0 Å². The Kier molecular flexibility index (Phi) is 4.38. The smallest absolute Gasteiger partial charge is 0.166 e. The zero-order valence-electron chi connectivity index (χ0n) is 10.4. The van der Waals surface area contributed by atoms with Gasteiger partial charge in [-0.3, -0.25) is 0 Å². The summed E-state index contributed by atoms with van der Waals surface area (Å²) in [6, 6.07) is 0.551. The molecule has 0 saturated heterocycles. The van der Waals surface area contributed by atoms with Crippen LogP contribution in [-0.4, -0.2) is 17.7 Å². The van der Waals surface area contributed by atoms with Gasteiger partial charge >= 0.3 is 0 Å². The summed E-state index contributed by atoms with van der Waals surface area (Å²) in [4.78, 5) is 0. The summed E-state index contributed by atoms with van der Waals surface area (Å²) in [6.45, 7) is 10.0. The van der Waals surface area contributed by atoms with Crippen LogP contribution in [-0.2, 0) is 0 Å². The fraction of sp³-hybridized carbons (Fsp3) is 0.917. The molecule has 0 bridgehead atoms. The molecule has 0 aromatic carbocycles. The molecular formula is C12H24N2S. The number of hydrogen-bond acceptors (Lipinski definition) is 1. The van der Waals surface area contributed by atoms with Gasteiger partial charge in [-0.25, -0.2) is 0 Å². The molecule has 0 aromatic rings. The summed E-state index contributed by atoms with van der Waals surface area (Å²) < 4.78 is 0. The normalized spacial score (nSPS) is 29.6. The van der Waals surface area contributed by atoms with E-state index in [0.717, 1.165) is 17.6 Å². The van der Waals surface area contributed by atoms with Crippen molar-refractivity contribution in [3.63, 3.8) is 0 Å². The molecule has 2 unspecified atom stereocenters. The first-order valence-corrected chi connectivity index (χ1v) is 6.38. The van der Waals surface area contributed by atoms with Gasteiger partial charge in [0, 0.05) is 12.6 Å². The average molecular weight is 228 g/mol. The van der Waals surface area contributed by atoms with Crippen LogP contribution in [0.3, 0.4) is 0 Å². The molecule has 0 aliphatic heterocycles. The average Bonchev–Trinajstić information content (AvgIpc) is 1.99. The van der Waals surface area contributed by atoms with Crippen molar-refractivity contribution >= 4 is 17.3 Å². The maximum absolute atomic E-state index is 5.23. The Morgan fingerprint density at radius 2 is 2.07 bits per heavy atom. The molecule has 2 nitrogen and oxygen atoms in total. The maximum atomic E-state index is 5.23. The van der Waals surface area contributed by atoms with Crippen molar-refractivity contribution < 1.29 is 0 Å². The molecule has 0 spiro atoms. The molecular weight excluding hydrogens is 204 g/mol. The SMILES string of the molecule is CCNC(=S)NC1CC(C)CC(C)(C)C1. The van der Waals surface area contributed by atoms with Gasteiger partial charge in [0.2, 0.25) is 0 Å². The molecule has 2 N–H and O–H groups in total. The highest BCUT2D eigenvalue weighted by molar-refractivity contribution is 7.80. The zero-order valence-corrected chi connectivity index (χ0v) is 11.2. The van der Waals surface area contributed by atoms with Crippen LogP contribution in [0.4, 0.5) is 0 Å². The van der Waals surface area contributed by atoms with Crippen LogP contribution in [0.5, 0.6) is 0 Å². The van der Waals surface area contributed by atoms with Gasteiger partial charge in [-0.1, -0.05) is 20.8 Å². The van der Waals surface area contributed by atoms with Crippen LogP contribution in [0.1, 0.15) is 47.0 Å². The van der Waals surface area contributed by atoms with Crippen LogP contribution >= 0.6 is 12.2 Å². The second-order valence-corrected chi connectivity index (χ2v) is 6.02. The lowest BCUT2D eigenvalue weighted by molar-refractivity contribution is 0.161. The van der Waals surface area contributed by atoms with Crippen molar-refractivity contribution in [3.05, 3.63) is 0 Å². The predicted octanol–water partition coefficient (Wildman–Crippen LogP) is 2.69. The molecule has 0 heterocycles. The van der Waals surface area contributed by atoms with E-state index < -0.39 is 0 Å². The Bertz CT molecular complexity index is 226. The summed E-state index contributed by atoms with van der Waals surface area (Å²) >= 11 is 5.23. The largest absolute Gasteiger partial charge is 0.363 e. The molecule has 88 valence electrons. The minimum absolute atomic E-state index is 0.456. The van der Waals surface area contributed by atoms with E-state index in [-0.39, 0.29) is 0 Å².